The molecule has 0 N–H and O–H groups in total. The van der Waals surface area contributed by atoms with Gasteiger partial charge in [0.1, 0.15) is 11.5 Å². The molecule has 16 aromatic carbocycles. The fourth-order valence-electron chi connectivity index (χ4n) is 20.5. The Kier molecular flexibility index (Phi) is 17.4. The minimum absolute atomic E-state index is 0.189. The molecule has 1 aliphatic carbocycles. The van der Waals surface area contributed by atoms with Gasteiger partial charge >= 0.3 is 0 Å². The molecule has 4 nitrogen and oxygen atoms in total. The number of benzene rings is 16. The summed E-state index contributed by atoms with van der Waals surface area (Å²) in [5.74, 6) is 1.67. The summed E-state index contributed by atoms with van der Waals surface area (Å²) in [6, 6.07) is 132. The van der Waals surface area contributed by atoms with E-state index < -0.39 is 0 Å². The van der Waals surface area contributed by atoms with Crippen molar-refractivity contribution in [1.82, 2.24) is 0 Å². The second kappa shape index (κ2) is 28.0. The standard InChI is InChI=1S/C115H99B2N3O/c1-111(2,3)79-62-86(72-40-21-15-22-41-72)108(87(63-79)73-42-23-16-24-43-73)118-98-59-38-36-57-94(98)117-96-70-95-99(71-103(96)121-104-61-78(60-100(118)107(104)117)83-53-39-54-85-84-52-33-34-55-92(84)115(13,14)105(83)85)120(110-90(76-48-29-19-30-49-76)66-81(113(7,8)9)67-91(110)77-50-31-20-32-51-77)102-69-82(114(10,11)12)68-101-106(102)116(95)93-56-35-37-58-97(93)119(101)109-88(74-44-25-17-26-45-74)64-80(112(4,5)6)65-89(109)75-46-27-18-28-47-75/h15-71H,1-14H3. The lowest BCUT2D eigenvalue weighted by Gasteiger charge is -2.47. The molecular weight excluding hydrogens is 1460 g/mol. The summed E-state index contributed by atoms with van der Waals surface area (Å²) in [6.45, 7) is 32.7. The molecule has 0 fully saturated rings. The maximum absolute atomic E-state index is 8.36. The fraction of sp³-hybridized carbons (Fsp3) is 0.165. The SMILES string of the molecule is CC(C)(C)c1cc(-c2ccccc2)c(N2c3ccccc3B3c4cc5c(cc4Oc4cc(-c6cccc7c6C(C)(C)c6ccccc6-7)cc2c43)N(c2c(-c3ccccc3)cc(C(C)(C)C)cc2-c2ccccc2)c2cc(C(C)(C)C)cc3c2B5c2ccccc2N3c2c(-c3ccccc3)cc(C(C)(C)C)cc2-c2ccccc2)c(-c2ccccc2)c1. The van der Waals surface area contributed by atoms with Crippen LogP contribution < -0.4 is 52.2 Å². The van der Waals surface area contributed by atoms with Gasteiger partial charge in [0.05, 0.1) is 17.1 Å². The lowest BCUT2D eigenvalue weighted by atomic mass is 9.30. The van der Waals surface area contributed by atoms with E-state index in [1.807, 2.05) is 0 Å². The number of fused-ring (bicyclic) bond motifs is 11. The van der Waals surface area contributed by atoms with Crippen molar-refractivity contribution in [3.63, 3.8) is 0 Å². The third-order valence-electron chi connectivity index (χ3n) is 26.6. The first-order valence-corrected chi connectivity index (χ1v) is 43.3. The van der Waals surface area contributed by atoms with Crippen LogP contribution in [0.5, 0.6) is 11.5 Å². The second-order valence-electron chi connectivity index (χ2n) is 38.7. The van der Waals surface area contributed by atoms with E-state index in [0.717, 1.165) is 135 Å². The summed E-state index contributed by atoms with van der Waals surface area (Å²) in [7, 11) is 0. The van der Waals surface area contributed by atoms with Crippen LogP contribution in [0.2, 0.25) is 0 Å². The molecule has 0 atom stereocenters. The number of hydrogen-bond donors (Lipinski definition) is 0. The normalized spacial score (nSPS) is 13.9. The highest BCUT2D eigenvalue weighted by Gasteiger charge is 2.51. The molecule has 5 aliphatic rings. The quantitative estimate of drug-likeness (QED) is 0.127. The summed E-state index contributed by atoms with van der Waals surface area (Å²) in [5.41, 5.74) is 42.4. The smallest absolute Gasteiger partial charge is 0.256 e. The Morgan fingerprint density at radius 1 is 0.231 bits per heavy atom. The van der Waals surface area contributed by atoms with Crippen molar-refractivity contribution in [1.29, 1.82) is 0 Å². The second-order valence-corrected chi connectivity index (χ2v) is 38.7. The third-order valence-corrected chi connectivity index (χ3v) is 26.6. The van der Waals surface area contributed by atoms with Crippen molar-refractivity contribution in [2.45, 2.75) is 124 Å². The van der Waals surface area contributed by atoms with Gasteiger partial charge in [0, 0.05) is 79.0 Å². The number of hydrogen-bond acceptors (Lipinski definition) is 4. The first-order valence-electron chi connectivity index (χ1n) is 43.3. The summed E-state index contributed by atoms with van der Waals surface area (Å²) in [6.07, 6.45) is 0. The van der Waals surface area contributed by atoms with Crippen LogP contribution in [0.15, 0.2) is 346 Å². The monoisotopic (exact) mass is 1560 g/mol. The van der Waals surface area contributed by atoms with Gasteiger partial charge in [0.15, 0.2) is 0 Å². The van der Waals surface area contributed by atoms with Gasteiger partial charge in [-0.3, -0.25) is 0 Å². The highest BCUT2D eigenvalue weighted by Crippen LogP contribution is 2.59. The highest BCUT2D eigenvalue weighted by atomic mass is 16.5. The van der Waals surface area contributed by atoms with Gasteiger partial charge in [-0.25, -0.2) is 0 Å². The van der Waals surface area contributed by atoms with Crippen molar-refractivity contribution < 1.29 is 4.74 Å². The molecule has 4 heterocycles. The van der Waals surface area contributed by atoms with Gasteiger partial charge in [0.25, 0.3) is 13.4 Å². The number of nitrogens with zero attached hydrogens (tertiary/aromatic N) is 3. The van der Waals surface area contributed by atoms with Crippen LogP contribution in [-0.4, -0.2) is 13.4 Å². The lowest BCUT2D eigenvalue weighted by molar-refractivity contribution is 0.488. The maximum atomic E-state index is 8.36. The topological polar surface area (TPSA) is 19.0 Å². The molecule has 0 bridgehead atoms. The average molecular weight is 1560 g/mol. The first kappa shape index (κ1) is 75.3. The van der Waals surface area contributed by atoms with Gasteiger partial charge < -0.3 is 19.4 Å². The number of para-hydroxylation sites is 2. The molecule has 6 heteroatoms. The predicted octanol–water partition coefficient (Wildman–Crippen LogP) is 27.3. The van der Waals surface area contributed by atoms with E-state index in [1.54, 1.807) is 0 Å². The van der Waals surface area contributed by atoms with Crippen molar-refractivity contribution in [2.75, 3.05) is 14.7 Å². The summed E-state index contributed by atoms with van der Waals surface area (Å²) < 4.78 is 8.36. The van der Waals surface area contributed by atoms with Gasteiger partial charge in [-0.1, -0.05) is 364 Å². The Balaban J connectivity index is 0.909. The van der Waals surface area contributed by atoms with Crippen LogP contribution in [0.3, 0.4) is 0 Å². The molecule has 121 heavy (non-hydrogen) atoms. The zero-order valence-electron chi connectivity index (χ0n) is 71.8. The summed E-state index contributed by atoms with van der Waals surface area (Å²) in [4.78, 5) is 8.09. The Labute approximate surface area is 715 Å². The molecule has 21 rings (SSSR count). The van der Waals surface area contributed by atoms with Crippen LogP contribution in [0.1, 0.15) is 130 Å². The number of ether oxygens (including phenoxy) is 1. The molecule has 0 spiro atoms. The van der Waals surface area contributed by atoms with Crippen LogP contribution in [0.25, 0.3) is 89.0 Å². The molecule has 0 amide bonds. The van der Waals surface area contributed by atoms with Crippen molar-refractivity contribution in [3.8, 4) is 101 Å². The van der Waals surface area contributed by atoms with Crippen molar-refractivity contribution >= 4 is 97.4 Å². The van der Waals surface area contributed by atoms with Crippen LogP contribution in [0, 0.1) is 0 Å². The van der Waals surface area contributed by atoms with Crippen LogP contribution >= 0.6 is 0 Å². The zero-order valence-corrected chi connectivity index (χ0v) is 71.8. The Bertz CT molecular complexity index is 6680. The van der Waals surface area contributed by atoms with Gasteiger partial charge in [-0.05, 0) is 216 Å². The first-order chi connectivity index (χ1) is 58.3. The molecule has 586 valence electrons. The molecule has 0 radical (unpaired) electrons. The summed E-state index contributed by atoms with van der Waals surface area (Å²) in [5, 5.41) is 0. The van der Waals surface area contributed by atoms with E-state index >= 15 is 0 Å². The van der Waals surface area contributed by atoms with Crippen molar-refractivity contribution in [2.24, 2.45) is 0 Å². The zero-order chi connectivity index (χ0) is 82.9. The van der Waals surface area contributed by atoms with Crippen LogP contribution in [-0.2, 0) is 27.1 Å². The summed E-state index contributed by atoms with van der Waals surface area (Å²) >= 11 is 0. The Morgan fingerprint density at radius 3 is 0.950 bits per heavy atom. The van der Waals surface area contributed by atoms with E-state index in [9.17, 15) is 0 Å². The maximum Gasteiger partial charge on any atom is 0.256 e. The predicted molar refractivity (Wildman–Crippen MR) is 517 cm³/mol. The minimum Gasteiger partial charge on any atom is -0.458 e. The molecule has 0 unspecified atom stereocenters. The molecule has 0 saturated heterocycles. The number of rotatable bonds is 10. The molecular formula is C115H99B2N3O. The minimum atomic E-state index is -0.341. The van der Waals surface area contributed by atoms with E-state index in [1.165, 1.54) is 83.0 Å². The number of anilines is 9. The van der Waals surface area contributed by atoms with Crippen molar-refractivity contribution in [3.05, 3.63) is 379 Å². The van der Waals surface area contributed by atoms with E-state index in [4.69, 9.17) is 4.74 Å². The molecule has 16 aromatic rings. The van der Waals surface area contributed by atoms with E-state index in [0.29, 0.717) is 0 Å². The molecule has 0 saturated carbocycles. The van der Waals surface area contributed by atoms with Crippen LogP contribution in [0.4, 0.5) is 51.2 Å². The third kappa shape index (κ3) is 12.2. The molecule has 4 aliphatic heterocycles. The van der Waals surface area contributed by atoms with E-state index in [2.05, 4.69) is 457 Å². The Morgan fingerprint density at radius 2 is 0.554 bits per heavy atom. The van der Waals surface area contributed by atoms with Gasteiger partial charge in [-0.2, -0.15) is 0 Å². The fourth-order valence-corrected chi connectivity index (χ4v) is 20.5. The highest BCUT2D eigenvalue weighted by molar-refractivity contribution is 7.02. The largest absolute Gasteiger partial charge is 0.458 e. The molecule has 0 aromatic heterocycles. The van der Waals surface area contributed by atoms with Gasteiger partial charge in [0.2, 0.25) is 0 Å². The average Bonchev–Trinajstić information content (AvgIpc) is 1.55. The van der Waals surface area contributed by atoms with E-state index in [-0.39, 0.29) is 40.5 Å². The lowest BCUT2D eigenvalue weighted by Crippen LogP contribution is -2.64. The Hall–Kier alpha value is -13.2. The van der Waals surface area contributed by atoms with Gasteiger partial charge in [-0.15, -0.1) is 0 Å².